The normalized spacial score (nSPS) is 19.6. The van der Waals surface area contributed by atoms with Gasteiger partial charge in [0.05, 0.1) is 5.56 Å². The molecule has 0 amide bonds. The van der Waals surface area contributed by atoms with E-state index in [4.69, 9.17) is 4.52 Å². The van der Waals surface area contributed by atoms with Crippen LogP contribution in [0.25, 0.3) is 22.8 Å². The molecule has 1 aliphatic heterocycles. The van der Waals surface area contributed by atoms with Gasteiger partial charge in [-0.2, -0.15) is 4.98 Å². The highest BCUT2D eigenvalue weighted by molar-refractivity contribution is 5.62. The van der Waals surface area contributed by atoms with Crippen LogP contribution < -0.4 is 16.2 Å². The number of nitrogens with zero attached hydrogens (tertiary/aromatic N) is 3. The third kappa shape index (κ3) is 3.58. The standard InChI is InChI=1S/C19H22N6O/c1-12-5-3-4-6-16(12)18-22-19(26-25-18)14-7-8-17(20-10-14)21-11-15-9-13(2)23-24-15/h3-8,10,13,15,23-24H,9,11H2,1-2H3,(H,20,21). The molecule has 2 aromatic heterocycles. The van der Waals surface area contributed by atoms with Crippen LogP contribution in [0.4, 0.5) is 5.82 Å². The van der Waals surface area contributed by atoms with E-state index < -0.39 is 0 Å². The minimum absolute atomic E-state index is 0.402. The van der Waals surface area contributed by atoms with Crippen molar-refractivity contribution in [1.82, 2.24) is 26.0 Å². The summed E-state index contributed by atoms with van der Waals surface area (Å²) in [6.07, 6.45) is 2.84. The van der Waals surface area contributed by atoms with Crippen LogP contribution in [0.3, 0.4) is 0 Å². The summed E-state index contributed by atoms with van der Waals surface area (Å²) in [7, 11) is 0. The first-order valence-corrected chi connectivity index (χ1v) is 8.80. The van der Waals surface area contributed by atoms with Crippen LogP contribution in [0.5, 0.6) is 0 Å². The van der Waals surface area contributed by atoms with Gasteiger partial charge in [0.1, 0.15) is 5.82 Å². The quantitative estimate of drug-likeness (QED) is 0.652. The van der Waals surface area contributed by atoms with Gasteiger partial charge in [-0.05, 0) is 38.0 Å². The second-order valence-electron chi connectivity index (χ2n) is 6.67. The van der Waals surface area contributed by atoms with Crippen LogP contribution in [0.2, 0.25) is 0 Å². The first-order chi connectivity index (χ1) is 12.7. The number of pyridine rings is 1. The van der Waals surface area contributed by atoms with Crippen LogP contribution in [0.1, 0.15) is 18.9 Å². The van der Waals surface area contributed by atoms with Gasteiger partial charge in [0.15, 0.2) is 0 Å². The highest BCUT2D eigenvalue weighted by atomic mass is 16.5. The Labute approximate surface area is 152 Å². The van der Waals surface area contributed by atoms with Gasteiger partial charge < -0.3 is 9.84 Å². The molecule has 1 aliphatic rings. The van der Waals surface area contributed by atoms with Gasteiger partial charge in [-0.25, -0.2) is 4.98 Å². The van der Waals surface area contributed by atoms with E-state index >= 15 is 0 Å². The Morgan fingerprint density at radius 2 is 2.08 bits per heavy atom. The number of benzene rings is 1. The van der Waals surface area contributed by atoms with E-state index in [2.05, 4.69) is 38.2 Å². The molecule has 2 atom stereocenters. The largest absolute Gasteiger partial charge is 0.368 e. The minimum atomic E-state index is 0.402. The smallest absolute Gasteiger partial charge is 0.259 e. The average molecular weight is 350 g/mol. The van der Waals surface area contributed by atoms with Crippen molar-refractivity contribution >= 4 is 5.82 Å². The van der Waals surface area contributed by atoms with Gasteiger partial charge >= 0.3 is 0 Å². The molecule has 1 fully saturated rings. The third-order valence-corrected chi connectivity index (χ3v) is 4.52. The van der Waals surface area contributed by atoms with Crippen LogP contribution in [-0.2, 0) is 0 Å². The zero-order chi connectivity index (χ0) is 17.9. The number of nitrogens with one attached hydrogen (secondary N) is 3. The maximum absolute atomic E-state index is 5.41. The fraction of sp³-hybridized carbons (Fsp3) is 0.316. The lowest BCUT2D eigenvalue weighted by atomic mass is 10.1. The summed E-state index contributed by atoms with van der Waals surface area (Å²) in [6, 6.07) is 12.7. The Morgan fingerprint density at radius 1 is 1.19 bits per heavy atom. The van der Waals surface area contributed by atoms with E-state index in [-0.39, 0.29) is 0 Å². The lowest BCUT2D eigenvalue weighted by Gasteiger charge is -2.11. The molecule has 134 valence electrons. The summed E-state index contributed by atoms with van der Waals surface area (Å²) >= 11 is 0. The molecule has 7 heteroatoms. The molecule has 3 heterocycles. The van der Waals surface area contributed by atoms with Crippen LogP contribution in [0, 0.1) is 6.92 Å². The molecule has 3 N–H and O–H groups in total. The minimum Gasteiger partial charge on any atom is -0.368 e. The topological polar surface area (TPSA) is 87.9 Å². The molecule has 7 nitrogen and oxygen atoms in total. The fourth-order valence-corrected chi connectivity index (χ4v) is 3.07. The molecule has 1 aromatic carbocycles. The molecule has 0 spiro atoms. The Morgan fingerprint density at radius 3 is 2.81 bits per heavy atom. The summed E-state index contributed by atoms with van der Waals surface area (Å²) in [5, 5.41) is 7.44. The van der Waals surface area contributed by atoms with E-state index in [1.54, 1.807) is 6.20 Å². The molecule has 3 aromatic rings. The number of hydrogen-bond donors (Lipinski definition) is 3. The number of aromatic nitrogens is 3. The Bertz CT molecular complexity index is 876. The van der Waals surface area contributed by atoms with Crippen molar-refractivity contribution in [2.24, 2.45) is 0 Å². The summed E-state index contributed by atoms with van der Waals surface area (Å²) in [5.41, 5.74) is 9.37. The second kappa shape index (κ2) is 7.23. The summed E-state index contributed by atoms with van der Waals surface area (Å²) in [6.45, 7) is 5.01. The summed E-state index contributed by atoms with van der Waals surface area (Å²) < 4.78 is 5.41. The molecular weight excluding hydrogens is 328 g/mol. The first-order valence-electron chi connectivity index (χ1n) is 8.80. The van der Waals surface area contributed by atoms with E-state index in [0.717, 1.165) is 35.5 Å². The van der Waals surface area contributed by atoms with E-state index in [1.807, 2.05) is 43.3 Å². The molecule has 26 heavy (non-hydrogen) atoms. The van der Waals surface area contributed by atoms with E-state index in [1.165, 1.54) is 0 Å². The van der Waals surface area contributed by atoms with Crippen molar-refractivity contribution in [1.29, 1.82) is 0 Å². The highest BCUT2D eigenvalue weighted by Crippen LogP contribution is 2.24. The van der Waals surface area contributed by atoms with Crippen LogP contribution >= 0.6 is 0 Å². The summed E-state index contributed by atoms with van der Waals surface area (Å²) in [4.78, 5) is 8.95. The number of aryl methyl sites for hydroxylation is 1. The van der Waals surface area contributed by atoms with Crippen molar-refractivity contribution in [2.75, 3.05) is 11.9 Å². The predicted molar refractivity (Wildman–Crippen MR) is 100 cm³/mol. The van der Waals surface area contributed by atoms with Crippen molar-refractivity contribution in [2.45, 2.75) is 32.4 Å². The number of rotatable bonds is 5. The zero-order valence-corrected chi connectivity index (χ0v) is 14.9. The fourth-order valence-electron chi connectivity index (χ4n) is 3.07. The van der Waals surface area contributed by atoms with Gasteiger partial charge in [0.25, 0.3) is 5.89 Å². The number of anilines is 1. The lowest BCUT2D eigenvalue weighted by Crippen LogP contribution is -2.36. The monoisotopic (exact) mass is 350 g/mol. The van der Waals surface area contributed by atoms with Crippen molar-refractivity contribution in [3.63, 3.8) is 0 Å². The third-order valence-electron chi connectivity index (χ3n) is 4.52. The van der Waals surface area contributed by atoms with Crippen molar-refractivity contribution in [3.05, 3.63) is 48.2 Å². The lowest BCUT2D eigenvalue weighted by molar-refractivity contribution is 0.432. The number of hydrogen-bond acceptors (Lipinski definition) is 7. The molecule has 2 unspecified atom stereocenters. The van der Waals surface area contributed by atoms with Gasteiger partial charge in [0.2, 0.25) is 5.82 Å². The van der Waals surface area contributed by atoms with Gasteiger partial charge in [-0.3, -0.25) is 10.9 Å². The highest BCUT2D eigenvalue weighted by Gasteiger charge is 2.19. The Balaban J connectivity index is 1.43. The molecule has 0 radical (unpaired) electrons. The molecule has 4 rings (SSSR count). The van der Waals surface area contributed by atoms with Crippen LogP contribution in [0.15, 0.2) is 47.1 Å². The molecule has 0 aliphatic carbocycles. The molecule has 1 saturated heterocycles. The maximum Gasteiger partial charge on any atom is 0.259 e. The van der Waals surface area contributed by atoms with E-state index in [0.29, 0.717) is 23.8 Å². The maximum atomic E-state index is 5.41. The summed E-state index contributed by atoms with van der Waals surface area (Å²) in [5.74, 6) is 1.89. The Hall–Kier alpha value is -2.77. The first kappa shape index (κ1) is 16.7. The van der Waals surface area contributed by atoms with Gasteiger partial charge in [-0.1, -0.05) is 29.4 Å². The van der Waals surface area contributed by atoms with Crippen LogP contribution in [-0.4, -0.2) is 33.8 Å². The van der Waals surface area contributed by atoms with E-state index in [9.17, 15) is 0 Å². The van der Waals surface area contributed by atoms with Gasteiger partial charge in [0, 0.05) is 30.4 Å². The van der Waals surface area contributed by atoms with Crippen molar-refractivity contribution in [3.8, 4) is 22.8 Å². The molecule has 0 bridgehead atoms. The SMILES string of the molecule is Cc1ccccc1-c1noc(-c2ccc(NCC3CC(C)NN3)nc2)n1. The molecule has 0 saturated carbocycles. The number of hydrazine groups is 1. The van der Waals surface area contributed by atoms with Gasteiger partial charge in [-0.15, -0.1) is 0 Å². The molecular formula is C19H22N6O. The average Bonchev–Trinajstić information content (AvgIpc) is 3.30. The second-order valence-corrected chi connectivity index (χ2v) is 6.67. The predicted octanol–water partition coefficient (Wildman–Crippen LogP) is 2.77. The Kier molecular flexibility index (Phi) is 4.64. The van der Waals surface area contributed by atoms with Crippen molar-refractivity contribution < 1.29 is 4.52 Å². The zero-order valence-electron chi connectivity index (χ0n) is 14.9.